The Labute approximate surface area is 100 Å². The first-order valence-corrected chi connectivity index (χ1v) is 5.45. The maximum atomic E-state index is 5.63. The Balaban J connectivity index is 1.92. The van der Waals surface area contributed by atoms with Crippen LogP contribution in [0.5, 0.6) is 11.5 Å². The van der Waals surface area contributed by atoms with Gasteiger partial charge in [0.1, 0.15) is 18.1 Å². The van der Waals surface area contributed by atoms with E-state index in [1.54, 1.807) is 7.11 Å². The van der Waals surface area contributed by atoms with Crippen LogP contribution in [0.4, 0.5) is 0 Å². The molecule has 0 unspecified atom stereocenters. The number of hydrogen-bond acceptors (Lipinski definition) is 3. The third kappa shape index (κ3) is 3.01. The Morgan fingerprint density at radius 1 is 1.18 bits per heavy atom. The molecule has 17 heavy (non-hydrogen) atoms. The van der Waals surface area contributed by atoms with Crippen molar-refractivity contribution in [1.82, 2.24) is 4.98 Å². The van der Waals surface area contributed by atoms with Crippen molar-refractivity contribution in [3.63, 3.8) is 0 Å². The third-order valence-corrected chi connectivity index (χ3v) is 2.49. The molecule has 0 radical (unpaired) electrons. The Kier molecular flexibility index (Phi) is 3.67. The maximum Gasteiger partial charge on any atom is 0.120 e. The minimum absolute atomic E-state index is 0.516. The predicted molar refractivity (Wildman–Crippen MR) is 66.0 cm³/mol. The number of nitrogens with two attached hydrogens (primary N) is 1. The van der Waals surface area contributed by atoms with Gasteiger partial charge in [0.15, 0.2) is 0 Å². The highest BCUT2D eigenvalue weighted by atomic mass is 16.5. The lowest BCUT2D eigenvalue weighted by Crippen LogP contribution is -1.96. The topological polar surface area (TPSA) is 60.3 Å². The molecule has 0 aliphatic heterocycles. The number of ether oxygens (including phenoxy) is 2. The molecule has 0 bridgehead atoms. The van der Waals surface area contributed by atoms with Crippen molar-refractivity contribution in [2.75, 3.05) is 7.11 Å². The number of benzene rings is 1. The largest absolute Gasteiger partial charge is 0.497 e. The van der Waals surface area contributed by atoms with Gasteiger partial charge in [-0.2, -0.15) is 0 Å². The van der Waals surface area contributed by atoms with E-state index in [1.807, 2.05) is 36.5 Å². The van der Waals surface area contributed by atoms with Gasteiger partial charge in [0.2, 0.25) is 0 Å². The van der Waals surface area contributed by atoms with Crippen LogP contribution < -0.4 is 15.2 Å². The van der Waals surface area contributed by atoms with Gasteiger partial charge in [0, 0.05) is 24.0 Å². The van der Waals surface area contributed by atoms with E-state index in [-0.39, 0.29) is 0 Å². The van der Waals surface area contributed by atoms with Crippen molar-refractivity contribution in [3.05, 3.63) is 47.8 Å². The van der Waals surface area contributed by atoms with E-state index in [1.165, 1.54) is 0 Å². The molecule has 0 aliphatic rings. The van der Waals surface area contributed by atoms with Gasteiger partial charge in [-0.15, -0.1) is 0 Å². The van der Waals surface area contributed by atoms with E-state index in [4.69, 9.17) is 15.2 Å². The minimum atomic E-state index is 0.516. The first-order valence-electron chi connectivity index (χ1n) is 5.45. The van der Waals surface area contributed by atoms with Gasteiger partial charge in [-0.05, 0) is 30.3 Å². The fourth-order valence-electron chi connectivity index (χ4n) is 1.53. The Morgan fingerprint density at radius 2 is 1.88 bits per heavy atom. The molecule has 4 nitrogen and oxygen atoms in total. The predicted octanol–water partition coefficient (Wildman–Crippen LogP) is 2.06. The number of methoxy groups -OCH3 is 1. The molecule has 90 valence electrons. The van der Waals surface area contributed by atoms with Gasteiger partial charge < -0.3 is 20.2 Å². The maximum absolute atomic E-state index is 5.63. The van der Waals surface area contributed by atoms with Gasteiger partial charge in [-0.25, -0.2) is 0 Å². The number of hydrogen-bond donors (Lipinski definition) is 2. The van der Waals surface area contributed by atoms with Crippen LogP contribution in [0.1, 0.15) is 11.3 Å². The first-order chi connectivity index (χ1) is 8.31. The summed E-state index contributed by atoms with van der Waals surface area (Å²) in [5.74, 6) is 1.64. The van der Waals surface area contributed by atoms with Crippen molar-refractivity contribution >= 4 is 0 Å². The van der Waals surface area contributed by atoms with Gasteiger partial charge >= 0.3 is 0 Å². The Morgan fingerprint density at radius 3 is 2.47 bits per heavy atom. The molecule has 0 atom stereocenters. The zero-order chi connectivity index (χ0) is 12.1. The molecule has 2 aromatic rings. The van der Waals surface area contributed by atoms with Crippen LogP contribution in [-0.2, 0) is 13.2 Å². The lowest BCUT2D eigenvalue weighted by Gasteiger charge is -2.05. The summed E-state index contributed by atoms with van der Waals surface area (Å²) in [5.41, 5.74) is 7.61. The lowest BCUT2D eigenvalue weighted by atomic mass is 10.3. The van der Waals surface area contributed by atoms with Crippen LogP contribution in [-0.4, -0.2) is 12.1 Å². The molecule has 1 aromatic heterocycles. The van der Waals surface area contributed by atoms with Gasteiger partial charge in [-0.1, -0.05) is 0 Å². The minimum Gasteiger partial charge on any atom is -0.497 e. The molecule has 4 heteroatoms. The highest BCUT2D eigenvalue weighted by Gasteiger charge is 1.99. The number of nitrogens with one attached hydrogen (secondary N) is 1. The summed E-state index contributed by atoms with van der Waals surface area (Å²) in [4.78, 5) is 3.08. The second kappa shape index (κ2) is 5.41. The zero-order valence-electron chi connectivity index (χ0n) is 9.77. The lowest BCUT2D eigenvalue weighted by molar-refractivity contribution is 0.305. The number of H-pyrrole nitrogens is 1. The second-order valence-corrected chi connectivity index (χ2v) is 3.70. The van der Waals surface area contributed by atoms with Crippen molar-refractivity contribution in [1.29, 1.82) is 0 Å². The molecule has 0 amide bonds. The van der Waals surface area contributed by atoms with Gasteiger partial charge in [0.25, 0.3) is 0 Å². The summed E-state index contributed by atoms with van der Waals surface area (Å²) < 4.78 is 10.7. The quantitative estimate of drug-likeness (QED) is 0.829. The van der Waals surface area contributed by atoms with Crippen molar-refractivity contribution in [3.8, 4) is 11.5 Å². The van der Waals surface area contributed by atoms with Crippen LogP contribution in [0.2, 0.25) is 0 Å². The Hall–Kier alpha value is -1.94. The average Bonchev–Trinajstić information content (AvgIpc) is 2.85. The summed E-state index contributed by atoms with van der Waals surface area (Å²) in [6.07, 6.45) is 1.91. The van der Waals surface area contributed by atoms with Crippen molar-refractivity contribution in [2.24, 2.45) is 5.73 Å². The SMILES string of the molecule is COc1ccc(OCc2c[nH]c(CN)c2)cc1. The van der Waals surface area contributed by atoms with Crippen LogP contribution in [0.15, 0.2) is 36.5 Å². The summed E-state index contributed by atoms with van der Waals surface area (Å²) in [5, 5.41) is 0. The van der Waals surface area contributed by atoms with E-state index in [2.05, 4.69) is 4.98 Å². The van der Waals surface area contributed by atoms with Gasteiger partial charge in [-0.3, -0.25) is 0 Å². The van der Waals surface area contributed by atoms with Crippen molar-refractivity contribution < 1.29 is 9.47 Å². The average molecular weight is 232 g/mol. The zero-order valence-corrected chi connectivity index (χ0v) is 9.77. The van der Waals surface area contributed by atoms with Crippen molar-refractivity contribution in [2.45, 2.75) is 13.2 Å². The smallest absolute Gasteiger partial charge is 0.120 e. The Bertz CT molecular complexity index is 463. The monoisotopic (exact) mass is 232 g/mol. The van der Waals surface area contributed by atoms with E-state index in [0.717, 1.165) is 22.8 Å². The molecule has 1 heterocycles. The molecule has 0 saturated heterocycles. The highest BCUT2D eigenvalue weighted by Crippen LogP contribution is 2.18. The van der Waals surface area contributed by atoms with E-state index in [0.29, 0.717) is 13.2 Å². The molecule has 0 saturated carbocycles. The molecular formula is C13H16N2O2. The fourth-order valence-corrected chi connectivity index (χ4v) is 1.53. The van der Waals surface area contributed by atoms with E-state index in [9.17, 15) is 0 Å². The summed E-state index contributed by atoms with van der Waals surface area (Å²) in [6, 6.07) is 9.52. The normalized spacial score (nSPS) is 10.2. The molecule has 0 spiro atoms. The van der Waals surface area contributed by atoms with Crippen LogP contribution in [0, 0.1) is 0 Å². The van der Waals surface area contributed by atoms with E-state index < -0.39 is 0 Å². The standard InChI is InChI=1S/C13H16N2O2/c1-16-12-2-4-13(5-3-12)17-9-10-6-11(7-14)15-8-10/h2-6,8,15H,7,9,14H2,1H3. The number of aromatic nitrogens is 1. The number of aromatic amines is 1. The molecule has 3 N–H and O–H groups in total. The molecule has 2 rings (SSSR count). The van der Waals surface area contributed by atoms with Crippen LogP contribution >= 0.6 is 0 Å². The second-order valence-electron chi connectivity index (χ2n) is 3.70. The molecule has 1 aromatic carbocycles. The van der Waals surface area contributed by atoms with E-state index >= 15 is 0 Å². The third-order valence-electron chi connectivity index (χ3n) is 2.49. The van der Waals surface area contributed by atoms with Gasteiger partial charge in [0.05, 0.1) is 7.11 Å². The van der Waals surface area contributed by atoms with Crippen LogP contribution in [0.25, 0.3) is 0 Å². The fraction of sp³-hybridized carbons (Fsp3) is 0.231. The number of rotatable bonds is 5. The highest BCUT2D eigenvalue weighted by molar-refractivity contribution is 5.31. The first kappa shape index (κ1) is 11.5. The summed E-state index contributed by atoms with van der Waals surface area (Å²) in [7, 11) is 1.64. The molecule has 0 fully saturated rings. The molecule has 0 aliphatic carbocycles. The van der Waals surface area contributed by atoms with Crippen LogP contribution in [0.3, 0.4) is 0 Å². The summed E-state index contributed by atoms with van der Waals surface area (Å²) in [6.45, 7) is 1.05. The summed E-state index contributed by atoms with van der Waals surface area (Å²) >= 11 is 0. The molecular weight excluding hydrogens is 216 g/mol.